The molecule has 0 aliphatic rings. The summed E-state index contributed by atoms with van der Waals surface area (Å²) in [5.74, 6) is 5.03. The third kappa shape index (κ3) is 3.96. The van der Waals surface area contributed by atoms with Crippen LogP contribution in [0, 0.1) is 0 Å². The van der Waals surface area contributed by atoms with Crippen LogP contribution >= 0.6 is 9.24 Å². The largest absolute Gasteiger partial charge is 0.351 e. The summed E-state index contributed by atoms with van der Waals surface area (Å²) in [6.45, 7) is 1.09. The summed E-state index contributed by atoms with van der Waals surface area (Å²) in [5.41, 5.74) is 4.30. The standard InChI is InChI=1S/C10H16N3OP/c11-13-5-4-12-10(14)9-3-1-2-8(6-9)7-15/h1-3,6,13H,4-5,7,11,15H2,(H,12,14). The topological polar surface area (TPSA) is 67.2 Å². The monoisotopic (exact) mass is 225 g/mol. The van der Waals surface area contributed by atoms with Crippen molar-refractivity contribution in [1.82, 2.24) is 10.7 Å². The van der Waals surface area contributed by atoms with Crippen LogP contribution in [0.4, 0.5) is 0 Å². The Morgan fingerprint density at radius 3 is 2.87 bits per heavy atom. The maximum absolute atomic E-state index is 11.6. The molecule has 15 heavy (non-hydrogen) atoms. The first-order valence-electron chi connectivity index (χ1n) is 4.78. The van der Waals surface area contributed by atoms with Gasteiger partial charge in [-0.3, -0.25) is 16.1 Å². The molecule has 0 aliphatic heterocycles. The van der Waals surface area contributed by atoms with Crippen molar-refractivity contribution in [1.29, 1.82) is 0 Å². The minimum absolute atomic E-state index is 0.0643. The van der Waals surface area contributed by atoms with Crippen LogP contribution in [0.1, 0.15) is 15.9 Å². The molecule has 82 valence electrons. The first kappa shape index (κ1) is 12.1. The fraction of sp³-hybridized carbons (Fsp3) is 0.300. The van der Waals surface area contributed by atoms with Gasteiger partial charge in [-0.05, 0) is 23.9 Å². The zero-order valence-corrected chi connectivity index (χ0v) is 9.65. The molecule has 1 aromatic carbocycles. The molecule has 1 rings (SSSR count). The molecule has 1 unspecified atom stereocenters. The van der Waals surface area contributed by atoms with Crippen molar-refractivity contribution < 1.29 is 4.79 Å². The quantitative estimate of drug-likeness (QED) is 0.291. The fourth-order valence-corrected chi connectivity index (χ4v) is 1.44. The lowest BCUT2D eigenvalue weighted by molar-refractivity contribution is 0.0954. The van der Waals surface area contributed by atoms with Crippen LogP contribution in [0.25, 0.3) is 0 Å². The Kier molecular flexibility index (Phi) is 5.26. The van der Waals surface area contributed by atoms with Gasteiger partial charge in [-0.1, -0.05) is 12.1 Å². The number of carbonyl (C=O) groups is 1. The van der Waals surface area contributed by atoms with E-state index in [4.69, 9.17) is 5.84 Å². The Morgan fingerprint density at radius 1 is 1.40 bits per heavy atom. The number of benzene rings is 1. The van der Waals surface area contributed by atoms with E-state index in [1.54, 1.807) is 6.07 Å². The zero-order valence-electron chi connectivity index (χ0n) is 8.49. The summed E-state index contributed by atoms with van der Waals surface area (Å²) in [6, 6.07) is 7.56. The number of rotatable bonds is 5. The Balaban J connectivity index is 2.57. The number of hydrogen-bond donors (Lipinski definition) is 3. The molecule has 0 heterocycles. The van der Waals surface area contributed by atoms with Crippen LogP contribution in [0.5, 0.6) is 0 Å². The number of nitrogens with two attached hydrogens (primary N) is 1. The average molecular weight is 225 g/mol. The SMILES string of the molecule is NNCCNC(=O)c1cccc(CP)c1. The molecule has 0 bridgehead atoms. The van der Waals surface area contributed by atoms with E-state index in [2.05, 4.69) is 20.0 Å². The van der Waals surface area contributed by atoms with E-state index >= 15 is 0 Å². The summed E-state index contributed by atoms with van der Waals surface area (Å²) < 4.78 is 0. The number of hydrazine groups is 1. The minimum Gasteiger partial charge on any atom is -0.351 e. The van der Waals surface area contributed by atoms with Crippen LogP contribution in [0.15, 0.2) is 24.3 Å². The van der Waals surface area contributed by atoms with E-state index in [9.17, 15) is 4.79 Å². The van der Waals surface area contributed by atoms with Gasteiger partial charge in [0.05, 0.1) is 0 Å². The van der Waals surface area contributed by atoms with E-state index in [-0.39, 0.29) is 5.91 Å². The molecule has 0 aromatic heterocycles. The zero-order chi connectivity index (χ0) is 11.1. The van der Waals surface area contributed by atoms with Crippen LogP contribution in [-0.2, 0) is 6.16 Å². The maximum Gasteiger partial charge on any atom is 0.251 e. The summed E-state index contributed by atoms with van der Waals surface area (Å²) in [5, 5.41) is 2.76. The van der Waals surface area contributed by atoms with Crippen molar-refractivity contribution in [2.75, 3.05) is 13.1 Å². The third-order valence-corrected chi connectivity index (χ3v) is 2.45. The Hall–Kier alpha value is -0.960. The smallest absolute Gasteiger partial charge is 0.251 e. The highest BCUT2D eigenvalue weighted by molar-refractivity contribution is 7.15. The average Bonchev–Trinajstić information content (AvgIpc) is 2.29. The molecular formula is C10H16N3OP. The molecule has 1 atom stereocenters. The van der Waals surface area contributed by atoms with Gasteiger partial charge in [0.15, 0.2) is 0 Å². The lowest BCUT2D eigenvalue weighted by atomic mass is 10.1. The first-order valence-corrected chi connectivity index (χ1v) is 5.60. The molecule has 1 aromatic rings. The van der Waals surface area contributed by atoms with Crippen LogP contribution in [-0.4, -0.2) is 19.0 Å². The summed E-state index contributed by atoms with van der Waals surface area (Å²) in [4.78, 5) is 11.6. The van der Waals surface area contributed by atoms with Gasteiger partial charge in [-0.25, -0.2) is 0 Å². The van der Waals surface area contributed by atoms with E-state index in [1.165, 1.54) is 0 Å². The second-order valence-electron chi connectivity index (χ2n) is 3.11. The lowest BCUT2D eigenvalue weighted by Gasteiger charge is -2.05. The molecule has 0 radical (unpaired) electrons. The van der Waals surface area contributed by atoms with Crippen molar-refractivity contribution in [3.05, 3.63) is 35.4 Å². The van der Waals surface area contributed by atoms with E-state index < -0.39 is 0 Å². The highest BCUT2D eigenvalue weighted by Gasteiger charge is 2.04. The van der Waals surface area contributed by atoms with Crippen molar-refractivity contribution in [2.24, 2.45) is 5.84 Å². The summed E-state index contributed by atoms with van der Waals surface area (Å²) in [7, 11) is 2.63. The first-order chi connectivity index (χ1) is 7.27. The van der Waals surface area contributed by atoms with E-state index in [0.29, 0.717) is 18.7 Å². The summed E-state index contributed by atoms with van der Waals surface area (Å²) in [6.07, 6.45) is 0.853. The molecule has 0 saturated carbocycles. The van der Waals surface area contributed by atoms with Crippen molar-refractivity contribution >= 4 is 15.1 Å². The van der Waals surface area contributed by atoms with Crippen LogP contribution in [0.3, 0.4) is 0 Å². The van der Waals surface area contributed by atoms with Gasteiger partial charge in [-0.15, -0.1) is 9.24 Å². The van der Waals surface area contributed by atoms with E-state index in [0.717, 1.165) is 11.7 Å². The Bertz CT molecular complexity index is 330. The predicted molar refractivity (Wildman–Crippen MR) is 64.4 cm³/mol. The fourth-order valence-electron chi connectivity index (χ4n) is 1.19. The number of nitrogens with one attached hydrogen (secondary N) is 2. The molecule has 1 amide bonds. The Labute approximate surface area is 91.8 Å². The minimum atomic E-state index is -0.0643. The number of amides is 1. The van der Waals surface area contributed by atoms with E-state index in [1.807, 2.05) is 18.2 Å². The molecule has 4 N–H and O–H groups in total. The molecule has 5 heteroatoms. The van der Waals surface area contributed by atoms with Gasteiger partial charge >= 0.3 is 0 Å². The molecule has 0 saturated heterocycles. The van der Waals surface area contributed by atoms with Gasteiger partial charge in [0, 0.05) is 18.7 Å². The molecule has 0 fully saturated rings. The van der Waals surface area contributed by atoms with Gasteiger partial charge in [-0.2, -0.15) is 0 Å². The molecule has 0 aliphatic carbocycles. The van der Waals surface area contributed by atoms with Gasteiger partial charge in [0.2, 0.25) is 0 Å². The third-order valence-electron chi connectivity index (χ3n) is 1.98. The predicted octanol–water partition coefficient (Wildman–Crippen LogP) is 0.255. The molecular weight excluding hydrogens is 209 g/mol. The Morgan fingerprint density at radius 2 is 2.20 bits per heavy atom. The van der Waals surface area contributed by atoms with Gasteiger partial charge < -0.3 is 5.32 Å². The highest BCUT2D eigenvalue weighted by atomic mass is 31.0. The van der Waals surface area contributed by atoms with Crippen molar-refractivity contribution in [3.8, 4) is 0 Å². The van der Waals surface area contributed by atoms with Crippen molar-refractivity contribution in [2.45, 2.75) is 6.16 Å². The normalized spacial score (nSPS) is 10.0. The van der Waals surface area contributed by atoms with Crippen molar-refractivity contribution in [3.63, 3.8) is 0 Å². The maximum atomic E-state index is 11.6. The molecule has 4 nitrogen and oxygen atoms in total. The second kappa shape index (κ2) is 6.51. The lowest BCUT2D eigenvalue weighted by Crippen LogP contribution is -2.34. The highest BCUT2D eigenvalue weighted by Crippen LogP contribution is 2.08. The molecule has 0 spiro atoms. The number of carbonyl (C=O) groups excluding carboxylic acids is 1. The van der Waals surface area contributed by atoms with Crippen LogP contribution in [0.2, 0.25) is 0 Å². The second-order valence-corrected chi connectivity index (χ2v) is 3.52. The summed E-state index contributed by atoms with van der Waals surface area (Å²) >= 11 is 0. The van der Waals surface area contributed by atoms with Gasteiger partial charge in [0.25, 0.3) is 5.91 Å². The number of hydrogen-bond acceptors (Lipinski definition) is 3. The van der Waals surface area contributed by atoms with Crippen LogP contribution < -0.4 is 16.6 Å². The van der Waals surface area contributed by atoms with Gasteiger partial charge in [0.1, 0.15) is 0 Å².